The first kappa shape index (κ1) is 19.1. The fraction of sp³-hybridized carbons (Fsp3) is 0.111. The van der Waals surface area contributed by atoms with Crippen LogP contribution in [0.1, 0.15) is 26.4 Å². The van der Waals surface area contributed by atoms with Gasteiger partial charge in [0.25, 0.3) is 11.8 Å². The number of rotatable bonds is 4. The maximum atomic E-state index is 13.0. The Balaban J connectivity index is 2.03. The number of pyridine rings is 1. The monoisotopic (exact) mass is 447 g/mol. The molecular formula is C18H15BrClN5O2. The topological polar surface area (TPSA) is 88.9 Å². The van der Waals surface area contributed by atoms with Crippen LogP contribution in [-0.4, -0.2) is 33.6 Å². The molecule has 0 unspecified atom stereocenters. The number of nitrogens with one attached hydrogen (secondary N) is 2. The van der Waals surface area contributed by atoms with Crippen LogP contribution in [0.4, 0.5) is 5.69 Å². The van der Waals surface area contributed by atoms with Crippen molar-refractivity contribution in [1.82, 2.24) is 20.1 Å². The number of hydrogen-bond acceptors (Lipinski definition) is 4. The summed E-state index contributed by atoms with van der Waals surface area (Å²) in [4.78, 5) is 29.3. The van der Waals surface area contributed by atoms with E-state index in [4.69, 9.17) is 11.6 Å². The lowest BCUT2D eigenvalue weighted by Crippen LogP contribution is -2.23. The predicted molar refractivity (Wildman–Crippen MR) is 107 cm³/mol. The Morgan fingerprint density at radius 1 is 1.19 bits per heavy atom. The van der Waals surface area contributed by atoms with Gasteiger partial charge in [-0.25, -0.2) is 9.67 Å². The van der Waals surface area contributed by atoms with E-state index in [0.29, 0.717) is 26.7 Å². The molecule has 2 heterocycles. The second-order valence-corrected chi connectivity index (χ2v) is 6.82. The van der Waals surface area contributed by atoms with E-state index < -0.39 is 5.91 Å². The van der Waals surface area contributed by atoms with Crippen molar-refractivity contribution in [3.63, 3.8) is 0 Å². The number of amides is 2. The van der Waals surface area contributed by atoms with Crippen LogP contribution in [0, 0.1) is 6.92 Å². The molecule has 7 nitrogen and oxygen atoms in total. The van der Waals surface area contributed by atoms with Gasteiger partial charge >= 0.3 is 0 Å². The van der Waals surface area contributed by atoms with Crippen LogP contribution in [0.5, 0.6) is 0 Å². The van der Waals surface area contributed by atoms with E-state index in [-0.39, 0.29) is 11.6 Å². The SMILES string of the molecule is CNC(=O)c1cccc(C)c1NC(=O)c1cc(Br)nn1-c1ncccc1Cl. The van der Waals surface area contributed by atoms with Crippen LogP contribution in [0.25, 0.3) is 5.82 Å². The van der Waals surface area contributed by atoms with E-state index in [1.165, 1.54) is 11.7 Å². The molecule has 1 aromatic carbocycles. The fourth-order valence-electron chi connectivity index (χ4n) is 2.54. The number of carbonyl (C=O) groups excluding carboxylic acids is 2. The summed E-state index contributed by atoms with van der Waals surface area (Å²) in [5.41, 5.74) is 1.77. The molecule has 2 amide bonds. The van der Waals surface area contributed by atoms with Crippen LogP contribution in [-0.2, 0) is 0 Å². The van der Waals surface area contributed by atoms with Crippen LogP contribution in [0.15, 0.2) is 47.2 Å². The van der Waals surface area contributed by atoms with Crippen molar-refractivity contribution >= 4 is 45.0 Å². The van der Waals surface area contributed by atoms with Gasteiger partial charge in [-0.3, -0.25) is 9.59 Å². The van der Waals surface area contributed by atoms with E-state index in [9.17, 15) is 9.59 Å². The number of anilines is 1. The van der Waals surface area contributed by atoms with Gasteiger partial charge in [0.15, 0.2) is 5.82 Å². The molecule has 0 spiro atoms. The third kappa shape index (κ3) is 3.86. The Morgan fingerprint density at radius 3 is 2.67 bits per heavy atom. The van der Waals surface area contributed by atoms with Gasteiger partial charge in [0.05, 0.1) is 16.3 Å². The number of aryl methyl sites for hydroxylation is 1. The summed E-state index contributed by atoms with van der Waals surface area (Å²) in [6.07, 6.45) is 1.56. The van der Waals surface area contributed by atoms with E-state index in [2.05, 4.69) is 36.6 Å². The van der Waals surface area contributed by atoms with Gasteiger partial charge in [0.1, 0.15) is 10.3 Å². The first-order valence-electron chi connectivity index (χ1n) is 7.92. The van der Waals surface area contributed by atoms with Gasteiger partial charge in [0.2, 0.25) is 0 Å². The Bertz CT molecular complexity index is 1030. The number of aromatic nitrogens is 3. The minimum Gasteiger partial charge on any atom is -0.355 e. The van der Waals surface area contributed by atoms with Crippen molar-refractivity contribution in [1.29, 1.82) is 0 Å². The van der Waals surface area contributed by atoms with Gasteiger partial charge in [-0.2, -0.15) is 5.10 Å². The molecule has 0 aliphatic heterocycles. The minimum absolute atomic E-state index is 0.216. The average Bonchev–Trinajstić information content (AvgIpc) is 3.04. The molecule has 0 atom stereocenters. The van der Waals surface area contributed by atoms with Crippen LogP contribution < -0.4 is 10.6 Å². The second kappa shape index (κ2) is 7.89. The van der Waals surface area contributed by atoms with Gasteiger partial charge in [-0.05, 0) is 46.6 Å². The molecule has 0 saturated carbocycles. The standard InChI is InChI=1S/C18H15BrClN5O2/c1-10-5-3-6-11(17(26)21-2)15(10)23-18(27)13-9-14(19)24-25(13)16-12(20)7-4-8-22-16/h3-9H,1-2H3,(H,21,26)(H,23,27). The van der Waals surface area contributed by atoms with Gasteiger partial charge in [-0.15, -0.1) is 0 Å². The molecule has 0 fully saturated rings. The largest absolute Gasteiger partial charge is 0.355 e. The Morgan fingerprint density at radius 2 is 1.96 bits per heavy atom. The smallest absolute Gasteiger partial charge is 0.274 e. The molecule has 3 aromatic rings. The van der Waals surface area contributed by atoms with Crippen LogP contribution in [0.2, 0.25) is 5.02 Å². The number of halogens is 2. The molecule has 27 heavy (non-hydrogen) atoms. The molecule has 3 rings (SSSR count). The summed E-state index contributed by atoms with van der Waals surface area (Å²) in [6.45, 7) is 1.81. The van der Waals surface area contributed by atoms with Crippen LogP contribution >= 0.6 is 27.5 Å². The van der Waals surface area contributed by atoms with Gasteiger partial charge < -0.3 is 10.6 Å². The van der Waals surface area contributed by atoms with E-state index >= 15 is 0 Å². The van der Waals surface area contributed by atoms with Crippen molar-refractivity contribution in [3.8, 4) is 5.82 Å². The maximum Gasteiger partial charge on any atom is 0.274 e. The normalized spacial score (nSPS) is 10.5. The molecule has 2 aromatic heterocycles. The highest BCUT2D eigenvalue weighted by molar-refractivity contribution is 9.10. The van der Waals surface area contributed by atoms with Crippen molar-refractivity contribution in [2.75, 3.05) is 12.4 Å². The molecule has 0 aliphatic rings. The summed E-state index contributed by atoms with van der Waals surface area (Å²) >= 11 is 9.47. The number of benzene rings is 1. The first-order chi connectivity index (χ1) is 12.9. The molecule has 9 heteroatoms. The lowest BCUT2D eigenvalue weighted by atomic mass is 10.1. The maximum absolute atomic E-state index is 13.0. The number of para-hydroxylation sites is 1. The number of hydrogen-bond donors (Lipinski definition) is 2. The highest BCUT2D eigenvalue weighted by Gasteiger charge is 2.21. The van der Waals surface area contributed by atoms with Crippen molar-refractivity contribution in [2.24, 2.45) is 0 Å². The highest BCUT2D eigenvalue weighted by Crippen LogP contribution is 2.24. The molecule has 2 N–H and O–H groups in total. The molecule has 0 saturated heterocycles. The fourth-order valence-corrected chi connectivity index (χ4v) is 3.12. The summed E-state index contributed by atoms with van der Waals surface area (Å²) in [5, 5.41) is 9.97. The van der Waals surface area contributed by atoms with E-state index in [1.54, 1.807) is 36.5 Å². The zero-order chi connectivity index (χ0) is 19.6. The second-order valence-electron chi connectivity index (χ2n) is 5.60. The molecule has 0 radical (unpaired) electrons. The number of nitrogens with zero attached hydrogens (tertiary/aromatic N) is 3. The summed E-state index contributed by atoms with van der Waals surface area (Å²) in [5.74, 6) is -0.419. The quantitative estimate of drug-likeness (QED) is 0.638. The van der Waals surface area contributed by atoms with Gasteiger partial charge in [0, 0.05) is 19.3 Å². The zero-order valence-electron chi connectivity index (χ0n) is 14.5. The van der Waals surface area contributed by atoms with Crippen molar-refractivity contribution in [2.45, 2.75) is 6.92 Å². The molecule has 0 aliphatic carbocycles. The first-order valence-corrected chi connectivity index (χ1v) is 9.09. The Hall–Kier alpha value is -2.71. The predicted octanol–water partition coefficient (Wildman–Crippen LogP) is 3.60. The lowest BCUT2D eigenvalue weighted by Gasteiger charge is -2.14. The Labute approximate surface area is 168 Å². The third-order valence-corrected chi connectivity index (χ3v) is 4.52. The van der Waals surface area contributed by atoms with Gasteiger partial charge in [-0.1, -0.05) is 23.7 Å². The summed E-state index contributed by atoms with van der Waals surface area (Å²) in [6, 6.07) is 10.1. The lowest BCUT2D eigenvalue weighted by molar-refractivity contribution is 0.0964. The summed E-state index contributed by atoms with van der Waals surface area (Å²) < 4.78 is 1.80. The third-order valence-electron chi connectivity index (χ3n) is 3.83. The average molecular weight is 449 g/mol. The Kier molecular flexibility index (Phi) is 5.57. The van der Waals surface area contributed by atoms with Crippen LogP contribution in [0.3, 0.4) is 0 Å². The summed E-state index contributed by atoms with van der Waals surface area (Å²) in [7, 11) is 1.53. The zero-order valence-corrected chi connectivity index (χ0v) is 16.8. The highest BCUT2D eigenvalue weighted by atomic mass is 79.9. The van der Waals surface area contributed by atoms with E-state index in [0.717, 1.165) is 5.56 Å². The molecule has 138 valence electrons. The number of carbonyl (C=O) groups is 2. The molecule has 0 bridgehead atoms. The minimum atomic E-state index is -0.450. The molecular weight excluding hydrogens is 434 g/mol. The van der Waals surface area contributed by atoms with Crippen molar-refractivity contribution in [3.05, 3.63) is 69.0 Å². The van der Waals surface area contributed by atoms with Crippen molar-refractivity contribution < 1.29 is 9.59 Å². The van der Waals surface area contributed by atoms with E-state index in [1.807, 2.05) is 13.0 Å².